The predicted octanol–water partition coefficient (Wildman–Crippen LogP) is 1.82. The zero-order chi connectivity index (χ0) is 10.1. The molecule has 0 saturated heterocycles. The second-order valence-corrected chi connectivity index (χ2v) is 3.35. The summed E-state index contributed by atoms with van der Waals surface area (Å²) in [5, 5.41) is 11.7. The molecule has 1 aromatic carbocycles. The third-order valence-electron chi connectivity index (χ3n) is 2.63. The van der Waals surface area contributed by atoms with Gasteiger partial charge in [-0.15, -0.1) is 0 Å². The van der Waals surface area contributed by atoms with Gasteiger partial charge in [-0.05, 0) is 17.5 Å². The molecular formula is C11H11NO2. The topological polar surface area (TPSA) is 49.7 Å². The van der Waals surface area contributed by atoms with Crippen LogP contribution >= 0.6 is 0 Å². The third-order valence-corrected chi connectivity index (χ3v) is 2.63. The Kier molecular flexibility index (Phi) is 2.08. The monoisotopic (exact) mass is 189 g/mol. The normalized spacial score (nSPS) is 17.5. The number of carbonyl (C=O) groups is 1. The van der Waals surface area contributed by atoms with Crippen LogP contribution in [0.1, 0.15) is 28.4 Å². The first-order valence-corrected chi connectivity index (χ1v) is 4.64. The number of hydrogen-bond donors (Lipinski definition) is 1. The van der Waals surface area contributed by atoms with Crippen LogP contribution in [-0.2, 0) is 12.8 Å². The fraction of sp³-hybridized carbons (Fsp3) is 0.273. The van der Waals surface area contributed by atoms with Crippen LogP contribution in [-0.4, -0.2) is 16.7 Å². The molecule has 1 N–H and O–H groups in total. The minimum atomic E-state index is -0.141. The van der Waals surface area contributed by atoms with Crippen molar-refractivity contribution in [2.45, 2.75) is 19.8 Å². The van der Waals surface area contributed by atoms with Gasteiger partial charge in [-0.1, -0.05) is 30.3 Å². The summed E-state index contributed by atoms with van der Waals surface area (Å²) in [7, 11) is 0. The highest BCUT2D eigenvalue weighted by Gasteiger charge is 2.28. The summed E-state index contributed by atoms with van der Waals surface area (Å²) in [6.07, 6.45) is 1.36. The average molecular weight is 189 g/mol. The molecule has 3 nitrogen and oxygen atoms in total. The average Bonchev–Trinajstić information content (AvgIpc) is 2.55. The number of nitrogens with zero attached hydrogens (tertiary/aromatic N) is 1. The predicted molar refractivity (Wildman–Crippen MR) is 53.1 cm³/mol. The molecular weight excluding hydrogens is 178 g/mol. The maximum atomic E-state index is 11.6. The molecule has 72 valence electrons. The Hall–Kier alpha value is -1.64. The highest BCUT2D eigenvalue weighted by molar-refractivity contribution is 6.49. The lowest BCUT2D eigenvalue weighted by Crippen LogP contribution is -2.06. The number of ketones is 1. The lowest BCUT2D eigenvalue weighted by Gasteiger charge is -2.02. The highest BCUT2D eigenvalue weighted by Crippen LogP contribution is 2.24. The zero-order valence-corrected chi connectivity index (χ0v) is 7.95. The molecule has 0 aliphatic heterocycles. The summed E-state index contributed by atoms with van der Waals surface area (Å²) in [5.41, 5.74) is 3.13. The van der Waals surface area contributed by atoms with E-state index < -0.39 is 0 Å². The molecule has 0 amide bonds. The largest absolute Gasteiger partial charge is 0.411 e. The summed E-state index contributed by atoms with van der Waals surface area (Å²) in [6.45, 7) is 2.05. The van der Waals surface area contributed by atoms with E-state index >= 15 is 0 Å². The van der Waals surface area contributed by atoms with Gasteiger partial charge >= 0.3 is 0 Å². The van der Waals surface area contributed by atoms with Crippen molar-refractivity contribution in [2.24, 2.45) is 5.16 Å². The van der Waals surface area contributed by atoms with Crippen molar-refractivity contribution < 1.29 is 10.0 Å². The highest BCUT2D eigenvalue weighted by atomic mass is 16.4. The first kappa shape index (κ1) is 8.94. The van der Waals surface area contributed by atoms with Crippen LogP contribution in [0.5, 0.6) is 0 Å². The van der Waals surface area contributed by atoms with Crippen molar-refractivity contribution in [3.63, 3.8) is 0 Å². The number of Topliss-reactive ketones (excluding diaryl/α,β-unsaturated/α-hetero) is 1. The number of carbonyl (C=O) groups excluding carboxylic acids is 1. The number of aryl methyl sites for hydroxylation is 1. The molecule has 1 aliphatic carbocycles. The molecule has 0 radical (unpaired) electrons. The number of rotatable bonds is 1. The molecule has 2 rings (SSSR count). The van der Waals surface area contributed by atoms with Crippen LogP contribution in [0.4, 0.5) is 0 Å². The van der Waals surface area contributed by atoms with E-state index in [1.165, 1.54) is 0 Å². The van der Waals surface area contributed by atoms with Gasteiger partial charge in [0.15, 0.2) is 0 Å². The SMILES string of the molecule is CCc1cccc2c1CC(=NO)C2=O. The molecule has 1 aromatic rings. The first-order valence-electron chi connectivity index (χ1n) is 4.64. The number of benzene rings is 1. The summed E-state index contributed by atoms with van der Waals surface area (Å²) in [4.78, 5) is 11.6. The summed E-state index contributed by atoms with van der Waals surface area (Å²) in [6, 6.07) is 5.66. The first-order chi connectivity index (χ1) is 6.77. The van der Waals surface area contributed by atoms with Gasteiger partial charge < -0.3 is 5.21 Å². The van der Waals surface area contributed by atoms with Crippen molar-refractivity contribution in [1.82, 2.24) is 0 Å². The quantitative estimate of drug-likeness (QED) is 0.541. The standard InChI is InChI=1S/C11H11NO2/c1-2-7-4-3-5-8-9(7)6-10(12-14)11(8)13/h3-5,14H,2,6H2,1H3. The summed E-state index contributed by atoms with van der Waals surface area (Å²) >= 11 is 0. The van der Waals surface area contributed by atoms with Gasteiger partial charge in [0.05, 0.1) is 0 Å². The van der Waals surface area contributed by atoms with Crippen LogP contribution < -0.4 is 0 Å². The van der Waals surface area contributed by atoms with Crippen LogP contribution in [0, 0.1) is 0 Å². The van der Waals surface area contributed by atoms with E-state index in [0.717, 1.165) is 17.5 Å². The van der Waals surface area contributed by atoms with E-state index in [1.807, 2.05) is 19.1 Å². The fourth-order valence-electron chi connectivity index (χ4n) is 1.87. The molecule has 1 aliphatic rings. The van der Waals surface area contributed by atoms with Crippen LogP contribution in [0.2, 0.25) is 0 Å². The van der Waals surface area contributed by atoms with E-state index in [4.69, 9.17) is 5.21 Å². The molecule has 14 heavy (non-hydrogen) atoms. The van der Waals surface area contributed by atoms with Gasteiger partial charge in [0.2, 0.25) is 5.78 Å². The van der Waals surface area contributed by atoms with Crippen LogP contribution in [0.3, 0.4) is 0 Å². The maximum Gasteiger partial charge on any atom is 0.211 e. The van der Waals surface area contributed by atoms with Gasteiger partial charge in [0.1, 0.15) is 5.71 Å². The van der Waals surface area contributed by atoms with Gasteiger partial charge in [0.25, 0.3) is 0 Å². The van der Waals surface area contributed by atoms with Crippen LogP contribution in [0.15, 0.2) is 23.4 Å². The summed E-state index contributed by atoms with van der Waals surface area (Å²) < 4.78 is 0. The Balaban J connectivity index is 2.58. The van der Waals surface area contributed by atoms with Crippen molar-refractivity contribution in [3.8, 4) is 0 Å². The molecule has 0 aromatic heterocycles. The smallest absolute Gasteiger partial charge is 0.211 e. The number of hydrogen-bond acceptors (Lipinski definition) is 3. The third kappa shape index (κ3) is 1.13. The molecule has 0 spiro atoms. The van der Waals surface area contributed by atoms with E-state index in [0.29, 0.717) is 12.0 Å². The maximum absolute atomic E-state index is 11.6. The van der Waals surface area contributed by atoms with Crippen molar-refractivity contribution >= 4 is 11.5 Å². The Labute approximate surface area is 82.1 Å². The Morgan fingerprint density at radius 3 is 2.93 bits per heavy atom. The molecule has 3 heteroatoms. The minimum Gasteiger partial charge on any atom is -0.411 e. The van der Waals surface area contributed by atoms with Gasteiger partial charge in [-0.3, -0.25) is 4.79 Å². The van der Waals surface area contributed by atoms with Gasteiger partial charge in [0, 0.05) is 12.0 Å². The molecule has 0 bridgehead atoms. The van der Waals surface area contributed by atoms with E-state index in [-0.39, 0.29) is 11.5 Å². The van der Waals surface area contributed by atoms with Crippen molar-refractivity contribution in [2.75, 3.05) is 0 Å². The molecule has 0 heterocycles. The molecule has 0 fully saturated rings. The molecule has 0 atom stereocenters. The van der Waals surface area contributed by atoms with E-state index in [2.05, 4.69) is 5.16 Å². The number of fused-ring (bicyclic) bond motifs is 1. The second-order valence-electron chi connectivity index (χ2n) is 3.35. The van der Waals surface area contributed by atoms with E-state index in [1.54, 1.807) is 6.07 Å². The van der Waals surface area contributed by atoms with E-state index in [9.17, 15) is 4.79 Å². The van der Waals surface area contributed by atoms with Gasteiger partial charge in [-0.25, -0.2) is 0 Å². The number of oxime groups is 1. The fourth-order valence-corrected chi connectivity index (χ4v) is 1.87. The summed E-state index contributed by atoms with van der Waals surface area (Å²) in [5.74, 6) is -0.141. The van der Waals surface area contributed by atoms with Crippen LogP contribution in [0.25, 0.3) is 0 Å². The minimum absolute atomic E-state index is 0.141. The Morgan fingerprint density at radius 1 is 1.50 bits per heavy atom. The zero-order valence-electron chi connectivity index (χ0n) is 7.95. The molecule has 0 unspecified atom stereocenters. The van der Waals surface area contributed by atoms with Gasteiger partial charge in [-0.2, -0.15) is 0 Å². The van der Waals surface area contributed by atoms with Crippen molar-refractivity contribution in [3.05, 3.63) is 34.9 Å². The Morgan fingerprint density at radius 2 is 2.29 bits per heavy atom. The lowest BCUT2D eigenvalue weighted by molar-refractivity contribution is 0.106. The Bertz CT molecular complexity index is 421. The molecule has 0 saturated carbocycles. The van der Waals surface area contributed by atoms with Crippen molar-refractivity contribution in [1.29, 1.82) is 0 Å². The second kappa shape index (κ2) is 3.25. The lowest BCUT2D eigenvalue weighted by atomic mass is 10.0.